The lowest BCUT2D eigenvalue weighted by Gasteiger charge is -2.03. The van der Waals surface area contributed by atoms with Crippen LogP contribution in [0.5, 0.6) is 0 Å². The van der Waals surface area contributed by atoms with Crippen LogP contribution in [0.15, 0.2) is 18.2 Å². The van der Waals surface area contributed by atoms with E-state index in [2.05, 4.69) is 5.32 Å². The molecule has 0 saturated heterocycles. The molecule has 2 N–H and O–H groups in total. The van der Waals surface area contributed by atoms with E-state index in [1.807, 2.05) is 0 Å². The predicted octanol–water partition coefficient (Wildman–Crippen LogP) is 1.57. The molecule has 0 aliphatic carbocycles. The highest BCUT2D eigenvalue weighted by Gasteiger charge is 2.08. The molecule has 0 radical (unpaired) electrons. The second kappa shape index (κ2) is 3.21. The number of carboxylic acid groups (broad SMARTS) is 1. The lowest BCUT2D eigenvalue weighted by atomic mass is 10.2. The van der Waals surface area contributed by atoms with Gasteiger partial charge < -0.3 is 10.4 Å². The van der Waals surface area contributed by atoms with Crippen molar-refractivity contribution < 1.29 is 14.3 Å². The van der Waals surface area contributed by atoms with Gasteiger partial charge in [0, 0.05) is 7.05 Å². The van der Waals surface area contributed by atoms with Crippen molar-refractivity contribution >= 4 is 11.7 Å². The highest BCUT2D eigenvalue weighted by Crippen LogP contribution is 2.15. The molecule has 0 aromatic heterocycles. The van der Waals surface area contributed by atoms with Crippen LogP contribution >= 0.6 is 0 Å². The molecular weight excluding hydrogens is 161 g/mol. The Hall–Kier alpha value is -1.58. The molecule has 0 spiro atoms. The van der Waals surface area contributed by atoms with E-state index in [4.69, 9.17) is 5.11 Å². The summed E-state index contributed by atoms with van der Waals surface area (Å²) in [6, 6.07) is 3.48. The molecule has 0 unspecified atom stereocenters. The van der Waals surface area contributed by atoms with E-state index in [1.54, 1.807) is 7.05 Å². The SMILES string of the molecule is CNc1cc(F)ccc1C(=O)O. The van der Waals surface area contributed by atoms with Gasteiger partial charge in [0.05, 0.1) is 11.3 Å². The van der Waals surface area contributed by atoms with E-state index in [0.717, 1.165) is 12.1 Å². The van der Waals surface area contributed by atoms with Crippen molar-refractivity contribution in [2.75, 3.05) is 12.4 Å². The summed E-state index contributed by atoms with van der Waals surface area (Å²) in [7, 11) is 1.54. The van der Waals surface area contributed by atoms with E-state index in [9.17, 15) is 9.18 Å². The van der Waals surface area contributed by atoms with Crippen LogP contribution in [-0.2, 0) is 0 Å². The van der Waals surface area contributed by atoms with Crippen molar-refractivity contribution in [1.82, 2.24) is 0 Å². The van der Waals surface area contributed by atoms with Crippen LogP contribution in [0.1, 0.15) is 10.4 Å². The lowest BCUT2D eigenvalue weighted by Crippen LogP contribution is -2.02. The van der Waals surface area contributed by atoms with Crippen molar-refractivity contribution in [3.8, 4) is 0 Å². The average Bonchev–Trinajstić information content (AvgIpc) is 2.03. The molecule has 1 aromatic rings. The number of anilines is 1. The zero-order valence-corrected chi connectivity index (χ0v) is 6.47. The summed E-state index contributed by atoms with van der Waals surface area (Å²) in [6.07, 6.45) is 0. The monoisotopic (exact) mass is 169 g/mol. The van der Waals surface area contributed by atoms with Gasteiger partial charge in [0.15, 0.2) is 0 Å². The van der Waals surface area contributed by atoms with E-state index in [0.29, 0.717) is 0 Å². The van der Waals surface area contributed by atoms with Gasteiger partial charge in [-0.2, -0.15) is 0 Å². The Morgan fingerprint density at radius 3 is 2.75 bits per heavy atom. The summed E-state index contributed by atoms with van der Waals surface area (Å²) in [5, 5.41) is 11.2. The zero-order valence-electron chi connectivity index (χ0n) is 6.47. The molecule has 12 heavy (non-hydrogen) atoms. The number of nitrogens with one attached hydrogen (secondary N) is 1. The Morgan fingerprint density at radius 2 is 2.25 bits per heavy atom. The minimum Gasteiger partial charge on any atom is -0.478 e. The molecule has 0 aliphatic heterocycles. The van der Waals surface area contributed by atoms with Crippen LogP contribution in [0.4, 0.5) is 10.1 Å². The van der Waals surface area contributed by atoms with Crippen molar-refractivity contribution in [2.24, 2.45) is 0 Å². The van der Waals surface area contributed by atoms with Gasteiger partial charge in [0.1, 0.15) is 5.82 Å². The van der Waals surface area contributed by atoms with Crippen molar-refractivity contribution in [2.45, 2.75) is 0 Å². The molecule has 0 bridgehead atoms. The fourth-order valence-electron chi connectivity index (χ4n) is 0.910. The molecule has 64 valence electrons. The highest BCUT2D eigenvalue weighted by atomic mass is 19.1. The van der Waals surface area contributed by atoms with E-state index >= 15 is 0 Å². The van der Waals surface area contributed by atoms with Gasteiger partial charge in [-0.25, -0.2) is 9.18 Å². The number of carboxylic acids is 1. The molecule has 4 heteroatoms. The van der Waals surface area contributed by atoms with Crippen molar-refractivity contribution in [3.05, 3.63) is 29.6 Å². The molecule has 0 aliphatic rings. The molecule has 1 rings (SSSR count). The summed E-state index contributed by atoms with van der Waals surface area (Å²) in [4.78, 5) is 10.5. The number of rotatable bonds is 2. The van der Waals surface area contributed by atoms with Crippen LogP contribution in [0.2, 0.25) is 0 Å². The molecular formula is C8H8FNO2. The molecule has 0 fully saturated rings. The minimum atomic E-state index is -1.07. The maximum Gasteiger partial charge on any atom is 0.337 e. The Balaban J connectivity index is 3.20. The van der Waals surface area contributed by atoms with E-state index in [-0.39, 0.29) is 11.3 Å². The fourth-order valence-corrected chi connectivity index (χ4v) is 0.910. The number of carbonyl (C=O) groups is 1. The first kappa shape index (κ1) is 8.52. The largest absolute Gasteiger partial charge is 0.478 e. The third-order valence-corrected chi connectivity index (χ3v) is 1.48. The van der Waals surface area contributed by atoms with Crippen LogP contribution in [0, 0.1) is 5.82 Å². The summed E-state index contributed by atoms with van der Waals surface area (Å²) in [6.45, 7) is 0. The standard InChI is InChI=1S/C8H8FNO2/c1-10-7-4-5(9)2-3-6(7)8(11)12/h2-4,10H,1H3,(H,11,12). The van der Waals surface area contributed by atoms with Gasteiger partial charge in [0.2, 0.25) is 0 Å². The van der Waals surface area contributed by atoms with Gasteiger partial charge in [-0.15, -0.1) is 0 Å². The normalized spacial score (nSPS) is 9.50. The first-order chi connectivity index (χ1) is 5.65. The Kier molecular flexibility index (Phi) is 2.28. The van der Waals surface area contributed by atoms with Crippen LogP contribution in [0.3, 0.4) is 0 Å². The third kappa shape index (κ3) is 1.53. The first-order valence-corrected chi connectivity index (χ1v) is 3.35. The number of halogens is 1. The van der Waals surface area contributed by atoms with E-state index < -0.39 is 11.8 Å². The molecule has 1 aromatic carbocycles. The predicted molar refractivity (Wildman–Crippen MR) is 42.9 cm³/mol. The molecule has 3 nitrogen and oxygen atoms in total. The van der Waals surface area contributed by atoms with Crippen molar-refractivity contribution in [3.63, 3.8) is 0 Å². The third-order valence-electron chi connectivity index (χ3n) is 1.48. The van der Waals surface area contributed by atoms with E-state index in [1.165, 1.54) is 6.07 Å². The summed E-state index contributed by atoms with van der Waals surface area (Å²) in [5.74, 6) is -1.52. The quantitative estimate of drug-likeness (QED) is 0.706. The Bertz CT molecular complexity index is 312. The van der Waals surface area contributed by atoms with Gasteiger partial charge in [-0.1, -0.05) is 0 Å². The van der Waals surface area contributed by atoms with Gasteiger partial charge in [-0.05, 0) is 18.2 Å². The molecule has 0 saturated carbocycles. The van der Waals surface area contributed by atoms with Gasteiger partial charge in [-0.3, -0.25) is 0 Å². The average molecular weight is 169 g/mol. The maximum absolute atomic E-state index is 12.6. The van der Waals surface area contributed by atoms with Gasteiger partial charge >= 0.3 is 5.97 Å². The summed E-state index contributed by atoms with van der Waals surface area (Å²) >= 11 is 0. The maximum atomic E-state index is 12.6. The van der Waals surface area contributed by atoms with Crippen molar-refractivity contribution in [1.29, 1.82) is 0 Å². The number of benzene rings is 1. The Labute approximate surface area is 68.8 Å². The first-order valence-electron chi connectivity index (χ1n) is 3.35. The van der Waals surface area contributed by atoms with Crippen LogP contribution < -0.4 is 5.32 Å². The lowest BCUT2D eigenvalue weighted by molar-refractivity contribution is 0.0698. The number of hydrogen-bond donors (Lipinski definition) is 2. The second-order valence-corrected chi connectivity index (χ2v) is 2.25. The zero-order chi connectivity index (χ0) is 9.14. The Morgan fingerprint density at radius 1 is 1.58 bits per heavy atom. The van der Waals surface area contributed by atoms with Gasteiger partial charge in [0.25, 0.3) is 0 Å². The highest BCUT2D eigenvalue weighted by molar-refractivity contribution is 5.94. The molecule has 0 amide bonds. The molecule has 0 atom stereocenters. The topological polar surface area (TPSA) is 49.3 Å². The number of aromatic carboxylic acids is 1. The smallest absolute Gasteiger partial charge is 0.337 e. The van der Waals surface area contributed by atoms with Crippen LogP contribution in [-0.4, -0.2) is 18.1 Å². The second-order valence-electron chi connectivity index (χ2n) is 2.25. The number of hydrogen-bond acceptors (Lipinski definition) is 2. The minimum absolute atomic E-state index is 0.0684. The summed E-state index contributed by atoms with van der Waals surface area (Å²) < 4.78 is 12.6. The molecule has 0 heterocycles. The fraction of sp³-hybridized carbons (Fsp3) is 0.125. The summed E-state index contributed by atoms with van der Waals surface area (Å²) in [5.41, 5.74) is 0.349. The van der Waals surface area contributed by atoms with Crippen LogP contribution in [0.25, 0.3) is 0 Å².